The molecule has 0 radical (unpaired) electrons. The number of rotatable bonds is 12. The number of nitrogens with one attached hydrogen (secondary N) is 1. The Labute approximate surface area is 221 Å². The van der Waals surface area contributed by atoms with Crippen LogP contribution in [0, 0.1) is 5.92 Å². The fraction of sp³-hybridized carbons (Fsp3) is 0.310. The van der Waals surface area contributed by atoms with E-state index < -0.39 is 6.04 Å². The Morgan fingerprint density at radius 3 is 2.14 bits per heavy atom. The van der Waals surface area contributed by atoms with Gasteiger partial charge in [-0.2, -0.15) is 0 Å². The minimum atomic E-state index is -0.597. The van der Waals surface area contributed by atoms with E-state index in [1.807, 2.05) is 72.8 Å². The molecule has 3 rings (SSSR count). The van der Waals surface area contributed by atoms with E-state index in [1.54, 1.807) is 16.7 Å². The van der Waals surface area contributed by atoms with E-state index >= 15 is 0 Å². The third-order valence-electron chi connectivity index (χ3n) is 5.53. The molecular formula is C29H33BrN2O2S. The highest BCUT2D eigenvalue weighted by Crippen LogP contribution is 2.20. The van der Waals surface area contributed by atoms with Gasteiger partial charge in [-0.05, 0) is 34.7 Å². The van der Waals surface area contributed by atoms with Crippen LogP contribution in [0.4, 0.5) is 0 Å². The van der Waals surface area contributed by atoms with Gasteiger partial charge in [0.1, 0.15) is 6.04 Å². The molecule has 3 aromatic rings. The van der Waals surface area contributed by atoms with Crippen LogP contribution in [-0.4, -0.2) is 35.1 Å². The molecule has 0 saturated carbocycles. The van der Waals surface area contributed by atoms with Gasteiger partial charge in [0.2, 0.25) is 11.8 Å². The zero-order valence-corrected chi connectivity index (χ0v) is 22.7. The molecule has 0 aliphatic rings. The summed E-state index contributed by atoms with van der Waals surface area (Å²) in [5.41, 5.74) is 3.19. The van der Waals surface area contributed by atoms with Crippen molar-refractivity contribution in [3.63, 3.8) is 0 Å². The molecule has 0 aliphatic heterocycles. The number of hydrogen-bond donors (Lipinski definition) is 1. The normalized spacial score (nSPS) is 11.8. The van der Waals surface area contributed by atoms with Crippen LogP contribution in [-0.2, 0) is 28.3 Å². The van der Waals surface area contributed by atoms with Gasteiger partial charge in [0.25, 0.3) is 0 Å². The Morgan fingerprint density at radius 2 is 1.51 bits per heavy atom. The topological polar surface area (TPSA) is 49.4 Å². The standard InChI is InChI=1S/C29H33BrN2O2S/c1-22(2)18-31-29(34)27(17-23-10-5-3-6-11-23)32(19-25-14-9-15-26(30)16-25)28(33)21-35-20-24-12-7-4-8-13-24/h3-16,22,27H,17-21H2,1-2H3,(H,31,34)/t27-/m1/s1. The molecule has 4 nitrogen and oxygen atoms in total. The lowest BCUT2D eigenvalue weighted by atomic mass is 10.0. The van der Waals surface area contributed by atoms with Crippen LogP contribution in [0.2, 0.25) is 0 Å². The number of hydrogen-bond acceptors (Lipinski definition) is 3. The van der Waals surface area contributed by atoms with Crippen molar-refractivity contribution in [2.75, 3.05) is 12.3 Å². The van der Waals surface area contributed by atoms with Gasteiger partial charge in [-0.25, -0.2) is 0 Å². The van der Waals surface area contributed by atoms with E-state index in [4.69, 9.17) is 0 Å². The Kier molecular flexibility index (Phi) is 10.9. The van der Waals surface area contributed by atoms with Crippen LogP contribution < -0.4 is 5.32 Å². The number of thioether (sulfide) groups is 1. The van der Waals surface area contributed by atoms with E-state index in [0.717, 1.165) is 21.4 Å². The number of carbonyl (C=O) groups is 2. The Balaban J connectivity index is 1.84. The summed E-state index contributed by atoms with van der Waals surface area (Å²) in [5, 5.41) is 3.07. The molecule has 1 atom stereocenters. The lowest BCUT2D eigenvalue weighted by molar-refractivity contribution is -0.139. The number of carbonyl (C=O) groups excluding carboxylic acids is 2. The van der Waals surface area contributed by atoms with Crippen LogP contribution in [0.1, 0.15) is 30.5 Å². The maximum absolute atomic E-state index is 13.6. The van der Waals surface area contributed by atoms with Crippen molar-refractivity contribution in [2.24, 2.45) is 5.92 Å². The van der Waals surface area contributed by atoms with Crippen LogP contribution in [0.25, 0.3) is 0 Å². The molecule has 0 fully saturated rings. The van der Waals surface area contributed by atoms with Crippen molar-refractivity contribution in [1.82, 2.24) is 10.2 Å². The summed E-state index contributed by atoms with van der Waals surface area (Å²) in [6.45, 7) is 5.08. The van der Waals surface area contributed by atoms with E-state index in [-0.39, 0.29) is 11.8 Å². The van der Waals surface area contributed by atoms with Crippen LogP contribution in [0.15, 0.2) is 89.4 Å². The summed E-state index contributed by atoms with van der Waals surface area (Å²) in [7, 11) is 0. The Bertz CT molecular complexity index is 1080. The van der Waals surface area contributed by atoms with Crippen molar-refractivity contribution >= 4 is 39.5 Å². The number of halogens is 1. The van der Waals surface area contributed by atoms with Gasteiger partial charge in [-0.15, -0.1) is 11.8 Å². The summed E-state index contributed by atoms with van der Waals surface area (Å²) < 4.78 is 0.949. The lowest BCUT2D eigenvalue weighted by Gasteiger charge is -2.32. The molecule has 3 aromatic carbocycles. The van der Waals surface area contributed by atoms with Crippen LogP contribution >= 0.6 is 27.7 Å². The predicted octanol–water partition coefficient (Wildman–Crippen LogP) is 6.09. The second-order valence-corrected chi connectivity index (χ2v) is 10.9. The SMILES string of the molecule is CC(C)CNC(=O)[C@@H](Cc1ccccc1)N(Cc1cccc(Br)c1)C(=O)CSCc1ccccc1. The number of amides is 2. The predicted molar refractivity (Wildman–Crippen MR) is 149 cm³/mol. The smallest absolute Gasteiger partial charge is 0.243 e. The van der Waals surface area contributed by atoms with Crippen molar-refractivity contribution in [1.29, 1.82) is 0 Å². The maximum Gasteiger partial charge on any atom is 0.243 e. The highest BCUT2D eigenvalue weighted by Gasteiger charge is 2.30. The van der Waals surface area contributed by atoms with Gasteiger partial charge in [-0.3, -0.25) is 9.59 Å². The fourth-order valence-corrected chi connectivity index (χ4v) is 5.04. The van der Waals surface area contributed by atoms with Gasteiger partial charge in [0.05, 0.1) is 5.75 Å². The average Bonchev–Trinajstić information content (AvgIpc) is 2.86. The molecule has 6 heteroatoms. The first-order valence-corrected chi connectivity index (χ1v) is 13.8. The first kappa shape index (κ1) is 27.0. The van der Waals surface area contributed by atoms with Crippen molar-refractivity contribution < 1.29 is 9.59 Å². The Hall–Kier alpha value is -2.57. The monoisotopic (exact) mass is 552 g/mol. The summed E-state index contributed by atoms with van der Waals surface area (Å²) in [5.74, 6) is 1.24. The van der Waals surface area contributed by atoms with E-state index in [0.29, 0.717) is 31.2 Å². The molecule has 35 heavy (non-hydrogen) atoms. The van der Waals surface area contributed by atoms with Crippen molar-refractivity contribution in [3.8, 4) is 0 Å². The molecule has 2 amide bonds. The minimum absolute atomic E-state index is 0.0356. The first-order valence-electron chi connectivity index (χ1n) is 11.9. The summed E-state index contributed by atoms with van der Waals surface area (Å²) in [6.07, 6.45) is 0.466. The van der Waals surface area contributed by atoms with Gasteiger partial charge in [0, 0.05) is 29.7 Å². The molecule has 0 aromatic heterocycles. The van der Waals surface area contributed by atoms with Gasteiger partial charge >= 0.3 is 0 Å². The third-order valence-corrected chi connectivity index (χ3v) is 7.02. The molecular weight excluding hydrogens is 520 g/mol. The van der Waals surface area contributed by atoms with Crippen LogP contribution in [0.3, 0.4) is 0 Å². The van der Waals surface area contributed by atoms with Crippen molar-refractivity contribution in [2.45, 2.75) is 38.6 Å². The van der Waals surface area contributed by atoms with Gasteiger partial charge < -0.3 is 10.2 Å². The van der Waals surface area contributed by atoms with Gasteiger partial charge in [-0.1, -0.05) is 103 Å². The minimum Gasteiger partial charge on any atom is -0.354 e. The largest absolute Gasteiger partial charge is 0.354 e. The average molecular weight is 554 g/mol. The Morgan fingerprint density at radius 1 is 0.886 bits per heavy atom. The number of nitrogens with zero attached hydrogens (tertiary/aromatic N) is 1. The molecule has 1 N–H and O–H groups in total. The number of benzene rings is 3. The highest BCUT2D eigenvalue weighted by atomic mass is 79.9. The molecule has 0 aliphatic carbocycles. The quantitative estimate of drug-likeness (QED) is 0.295. The van der Waals surface area contributed by atoms with E-state index in [9.17, 15) is 9.59 Å². The van der Waals surface area contributed by atoms with E-state index in [2.05, 4.69) is 47.2 Å². The summed E-state index contributed by atoms with van der Waals surface area (Å²) in [6, 6.07) is 27.4. The molecule has 0 heterocycles. The zero-order chi connectivity index (χ0) is 25.0. The van der Waals surface area contributed by atoms with Crippen LogP contribution in [0.5, 0.6) is 0 Å². The maximum atomic E-state index is 13.6. The second-order valence-electron chi connectivity index (χ2n) is 8.97. The molecule has 0 saturated heterocycles. The summed E-state index contributed by atoms with van der Waals surface area (Å²) >= 11 is 5.11. The third kappa shape index (κ3) is 9.19. The molecule has 0 bridgehead atoms. The first-order chi connectivity index (χ1) is 16.9. The second kappa shape index (κ2) is 14.1. The van der Waals surface area contributed by atoms with Gasteiger partial charge in [0.15, 0.2) is 0 Å². The van der Waals surface area contributed by atoms with E-state index in [1.165, 1.54) is 5.56 Å². The molecule has 0 spiro atoms. The zero-order valence-electron chi connectivity index (χ0n) is 20.3. The fourth-order valence-electron chi connectivity index (χ4n) is 3.72. The molecule has 0 unspecified atom stereocenters. The van der Waals surface area contributed by atoms with Crippen molar-refractivity contribution in [3.05, 3.63) is 106 Å². The summed E-state index contributed by atoms with van der Waals surface area (Å²) in [4.78, 5) is 28.8. The molecule has 184 valence electrons. The highest BCUT2D eigenvalue weighted by molar-refractivity contribution is 9.10. The lowest BCUT2D eigenvalue weighted by Crippen LogP contribution is -2.51.